The third kappa shape index (κ3) is 4.39. The van der Waals surface area contributed by atoms with Gasteiger partial charge in [-0.05, 0) is 42.8 Å². The molecule has 0 spiro atoms. The van der Waals surface area contributed by atoms with Gasteiger partial charge in [0.1, 0.15) is 6.04 Å². The summed E-state index contributed by atoms with van der Waals surface area (Å²) in [4.78, 5) is 37.6. The van der Waals surface area contributed by atoms with Crippen molar-refractivity contribution in [2.45, 2.75) is 19.1 Å². The van der Waals surface area contributed by atoms with Crippen LogP contribution in [0.4, 0.5) is 23.7 Å². The van der Waals surface area contributed by atoms with Gasteiger partial charge >= 0.3 is 12.2 Å². The summed E-state index contributed by atoms with van der Waals surface area (Å²) in [5, 5.41) is 5.08. The molecule has 3 amide bonds. The quantitative estimate of drug-likeness (QED) is 0.766. The number of anilines is 1. The van der Waals surface area contributed by atoms with Crippen LogP contribution in [-0.4, -0.2) is 35.7 Å². The van der Waals surface area contributed by atoms with Gasteiger partial charge < -0.3 is 15.5 Å². The van der Waals surface area contributed by atoms with Crippen LogP contribution in [0.15, 0.2) is 48.5 Å². The molecule has 1 aliphatic rings. The normalized spacial score (nSPS) is 16.9. The van der Waals surface area contributed by atoms with E-state index in [-0.39, 0.29) is 24.4 Å². The predicted octanol–water partition coefficient (Wildman–Crippen LogP) is 3.61. The maximum atomic E-state index is 13.4. The molecule has 9 heteroatoms. The first kappa shape index (κ1) is 20.4. The van der Waals surface area contributed by atoms with Gasteiger partial charge in [-0.15, -0.1) is 0 Å². The number of alkyl halides is 3. The molecule has 152 valence electrons. The Morgan fingerprint density at radius 2 is 1.76 bits per heavy atom. The van der Waals surface area contributed by atoms with E-state index in [0.717, 1.165) is 11.0 Å². The van der Waals surface area contributed by atoms with E-state index in [1.165, 1.54) is 49.4 Å². The first-order valence-corrected chi connectivity index (χ1v) is 8.81. The molecule has 1 heterocycles. The molecule has 0 saturated carbocycles. The number of ketones is 1. The Morgan fingerprint density at radius 3 is 2.38 bits per heavy atom. The Bertz CT molecular complexity index is 942. The maximum absolute atomic E-state index is 13.4. The van der Waals surface area contributed by atoms with Crippen LogP contribution >= 0.6 is 0 Å². The zero-order valence-corrected chi connectivity index (χ0v) is 15.4. The van der Waals surface area contributed by atoms with Crippen molar-refractivity contribution < 1.29 is 27.6 Å². The number of hydrogen-bond acceptors (Lipinski definition) is 3. The molecule has 0 aromatic heterocycles. The second kappa shape index (κ2) is 7.94. The van der Waals surface area contributed by atoms with Gasteiger partial charge in [0.05, 0.1) is 5.56 Å². The van der Waals surface area contributed by atoms with Crippen molar-refractivity contribution in [1.29, 1.82) is 0 Å². The van der Waals surface area contributed by atoms with Crippen LogP contribution in [0.5, 0.6) is 0 Å². The van der Waals surface area contributed by atoms with Crippen LogP contribution in [0.3, 0.4) is 0 Å². The Kier molecular flexibility index (Phi) is 5.58. The monoisotopic (exact) mass is 405 g/mol. The topological polar surface area (TPSA) is 78.5 Å². The average Bonchev–Trinajstić information content (AvgIpc) is 2.67. The number of hydrogen-bond donors (Lipinski definition) is 2. The molecule has 3 rings (SSSR count). The van der Waals surface area contributed by atoms with Crippen LogP contribution in [0.2, 0.25) is 0 Å². The largest absolute Gasteiger partial charge is 0.416 e. The highest BCUT2D eigenvalue weighted by atomic mass is 19.4. The lowest BCUT2D eigenvalue weighted by atomic mass is 9.96. The van der Waals surface area contributed by atoms with Gasteiger partial charge in [-0.1, -0.05) is 18.2 Å². The molecule has 0 bridgehead atoms. The molecule has 1 fully saturated rings. The van der Waals surface area contributed by atoms with Crippen molar-refractivity contribution in [2.24, 2.45) is 0 Å². The number of nitrogens with zero attached hydrogens (tertiary/aromatic N) is 1. The lowest BCUT2D eigenvalue weighted by molar-refractivity contribution is -0.139. The van der Waals surface area contributed by atoms with Gasteiger partial charge in [-0.3, -0.25) is 9.59 Å². The van der Waals surface area contributed by atoms with Crippen LogP contribution in [0.1, 0.15) is 34.5 Å². The Morgan fingerprint density at radius 1 is 1.10 bits per heavy atom. The number of halogens is 3. The van der Waals surface area contributed by atoms with E-state index in [4.69, 9.17) is 0 Å². The molecule has 2 aromatic rings. The highest BCUT2D eigenvalue weighted by Crippen LogP contribution is 2.37. The summed E-state index contributed by atoms with van der Waals surface area (Å²) in [7, 11) is 0. The van der Waals surface area contributed by atoms with Crippen molar-refractivity contribution in [3.63, 3.8) is 0 Å². The van der Waals surface area contributed by atoms with E-state index in [9.17, 15) is 27.6 Å². The van der Waals surface area contributed by atoms with Crippen LogP contribution in [-0.2, 0) is 11.0 Å². The Labute approximate surface area is 164 Å². The molecule has 0 radical (unpaired) electrons. The maximum Gasteiger partial charge on any atom is 0.416 e. The standard InChI is InChI=1S/C20H18F3N3O3/c1-12(27)13-6-8-14(9-7-13)25-19(29)26-11-10-24-18(28)17(26)15-4-2-3-5-16(15)20(21,22)23/h2-9,17H,10-11H2,1H3,(H,24,28)(H,25,29)/t17-/m0/s1. The van der Waals surface area contributed by atoms with Crippen LogP contribution < -0.4 is 10.6 Å². The summed E-state index contributed by atoms with van der Waals surface area (Å²) in [5.74, 6) is -0.825. The molecule has 2 N–H and O–H groups in total. The van der Waals surface area contributed by atoms with E-state index in [1.54, 1.807) is 0 Å². The molecule has 0 unspecified atom stereocenters. The fraction of sp³-hybridized carbons (Fsp3) is 0.250. The SMILES string of the molecule is CC(=O)c1ccc(NC(=O)N2CCNC(=O)[C@@H]2c2ccccc2C(F)(F)F)cc1. The molecular formula is C20H18F3N3O3. The van der Waals surface area contributed by atoms with E-state index < -0.39 is 29.7 Å². The van der Waals surface area contributed by atoms with Gasteiger partial charge in [0, 0.05) is 24.3 Å². The molecular weight excluding hydrogens is 387 g/mol. The minimum Gasteiger partial charge on any atom is -0.352 e. The lowest BCUT2D eigenvalue weighted by Gasteiger charge is -2.36. The number of urea groups is 1. The van der Waals surface area contributed by atoms with Crippen molar-refractivity contribution in [1.82, 2.24) is 10.2 Å². The fourth-order valence-corrected chi connectivity index (χ4v) is 3.17. The molecule has 1 atom stereocenters. The minimum atomic E-state index is -4.67. The zero-order valence-electron chi connectivity index (χ0n) is 15.4. The van der Waals surface area contributed by atoms with Crippen LogP contribution in [0, 0.1) is 0 Å². The Hall–Kier alpha value is -3.36. The van der Waals surface area contributed by atoms with Gasteiger partial charge in [0.15, 0.2) is 5.78 Å². The van der Waals surface area contributed by atoms with Crippen molar-refractivity contribution in [3.05, 3.63) is 65.2 Å². The Balaban J connectivity index is 1.90. The summed E-state index contributed by atoms with van der Waals surface area (Å²) >= 11 is 0. The molecule has 1 aliphatic heterocycles. The third-order valence-electron chi connectivity index (χ3n) is 4.58. The zero-order chi connectivity index (χ0) is 21.2. The predicted molar refractivity (Wildman–Crippen MR) is 99.4 cm³/mol. The first-order valence-electron chi connectivity index (χ1n) is 8.81. The van der Waals surface area contributed by atoms with Crippen molar-refractivity contribution in [2.75, 3.05) is 18.4 Å². The summed E-state index contributed by atoms with van der Waals surface area (Å²) in [6, 6.07) is 8.64. The number of Topliss-reactive ketones (excluding diaryl/α,β-unsaturated/α-hetero) is 1. The van der Waals surface area contributed by atoms with Gasteiger partial charge in [-0.2, -0.15) is 13.2 Å². The van der Waals surface area contributed by atoms with Gasteiger partial charge in [-0.25, -0.2) is 4.79 Å². The number of carbonyl (C=O) groups is 3. The third-order valence-corrected chi connectivity index (χ3v) is 4.58. The van der Waals surface area contributed by atoms with Crippen molar-refractivity contribution >= 4 is 23.4 Å². The number of benzene rings is 2. The van der Waals surface area contributed by atoms with Crippen LogP contribution in [0.25, 0.3) is 0 Å². The minimum absolute atomic E-state index is 0.0416. The smallest absolute Gasteiger partial charge is 0.352 e. The molecule has 2 aromatic carbocycles. The molecule has 1 saturated heterocycles. The van der Waals surface area contributed by atoms with Gasteiger partial charge in [0.2, 0.25) is 5.91 Å². The summed E-state index contributed by atoms with van der Waals surface area (Å²) < 4.78 is 40.3. The number of piperazine rings is 1. The van der Waals surface area contributed by atoms with E-state index >= 15 is 0 Å². The van der Waals surface area contributed by atoms with Gasteiger partial charge in [0.25, 0.3) is 0 Å². The second-order valence-electron chi connectivity index (χ2n) is 6.54. The van der Waals surface area contributed by atoms with E-state index in [1.807, 2.05) is 0 Å². The lowest BCUT2D eigenvalue weighted by Crippen LogP contribution is -2.53. The highest BCUT2D eigenvalue weighted by Gasteiger charge is 2.41. The number of amides is 3. The van der Waals surface area contributed by atoms with E-state index in [0.29, 0.717) is 11.3 Å². The fourth-order valence-electron chi connectivity index (χ4n) is 3.17. The summed E-state index contributed by atoms with van der Waals surface area (Å²) in [6.45, 7) is 1.57. The molecule has 0 aliphatic carbocycles. The van der Waals surface area contributed by atoms with E-state index in [2.05, 4.69) is 10.6 Å². The van der Waals surface area contributed by atoms with Crippen molar-refractivity contribution in [3.8, 4) is 0 Å². The second-order valence-corrected chi connectivity index (χ2v) is 6.54. The molecule has 29 heavy (non-hydrogen) atoms. The first-order chi connectivity index (χ1) is 13.7. The number of nitrogens with one attached hydrogen (secondary N) is 2. The number of rotatable bonds is 3. The number of carbonyl (C=O) groups excluding carboxylic acids is 3. The summed E-state index contributed by atoms with van der Waals surface area (Å²) in [6.07, 6.45) is -4.67. The highest BCUT2D eigenvalue weighted by molar-refractivity contribution is 5.97. The molecule has 6 nitrogen and oxygen atoms in total. The summed E-state index contributed by atoms with van der Waals surface area (Å²) in [5.41, 5.74) is -0.448. The average molecular weight is 405 g/mol.